The molecule has 1 amide bonds. The summed E-state index contributed by atoms with van der Waals surface area (Å²) in [6.07, 6.45) is 2.64. The molecule has 3 aliphatic rings. The maximum Gasteiger partial charge on any atom is 0.412 e. The Bertz CT molecular complexity index is 2060. The van der Waals surface area contributed by atoms with Gasteiger partial charge in [0.15, 0.2) is 0 Å². The third-order valence-electron chi connectivity index (χ3n) is 10.5. The Morgan fingerprint density at radius 2 is 1.75 bits per heavy atom. The van der Waals surface area contributed by atoms with Crippen LogP contribution in [0, 0.1) is 5.92 Å². The van der Waals surface area contributed by atoms with E-state index in [-0.39, 0.29) is 17.4 Å². The molecule has 0 aliphatic carbocycles. The summed E-state index contributed by atoms with van der Waals surface area (Å²) in [5.41, 5.74) is 5.53. The molecular formula is C42H46N4O6. The first-order chi connectivity index (χ1) is 25.3. The number of nitrogens with zero attached hydrogens (tertiary/aromatic N) is 2. The lowest BCUT2D eigenvalue weighted by Gasteiger charge is -2.48. The molecule has 2 bridgehead atoms. The van der Waals surface area contributed by atoms with Crippen LogP contribution in [0.4, 0.5) is 10.5 Å². The average Bonchev–Trinajstić information content (AvgIpc) is 3.16. The van der Waals surface area contributed by atoms with Crippen molar-refractivity contribution in [3.05, 3.63) is 124 Å². The number of phenols is 1. The van der Waals surface area contributed by atoms with Gasteiger partial charge in [0.05, 0.1) is 30.0 Å². The van der Waals surface area contributed by atoms with Gasteiger partial charge in [-0.1, -0.05) is 60.7 Å². The molecule has 3 aliphatic heterocycles. The van der Waals surface area contributed by atoms with Gasteiger partial charge in [-0.15, -0.1) is 0 Å². The second-order valence-corrected chi connectivity index (χ2v) is 13.9. The summed E-state index contributed by atoms with van der Waals surface area (Å²) in [6.45, 7) is 4.36. The molecule has 4 heterocycles. The monoisotopic (exact) mass is 702 g/mol. The first-order valence-corrected chi connectivity index (χ1v) is 18.2. The number of benzene rings is 4. The van der Waals surface area contributed by atoms with Gasteiger partial charge in [0, 0.05) is 30.1 Å². The molecule has 10 heteroatoms. The smallest absolute Gasteiger partial charge is 0.412 e. The number of aryl methyl sites for hydroxylation is 1. The number of hydrogen-bond acceptors (Lipinski definition) is 7. The van der Waals surface area contributed by atoms with Crippen LogP contribution in [0.3, 0.4) is 0 Å². The van der Waals surface area contributed by atoms with Gasteiger partial charge >= 0.3 is 6.09 Å². The van der Waals surface area contributed by atoms with E-state index in [1.165, 1.54) is 12.1 Å². The Balaban J connectivity index is 0.941. The lowest BCUT2D eigenvalue weighted by Crippen LogP contribution is -2.59. The number of anilines is 1. The van der Waals surface area contributed by atoms with Crippen LogP contribution < -0.4 is 20.5 Å². The van der Waals surface area contributed by atoms with E-state index in [0.717, 1.165) is 85.4 Å². The zero-order valence-electron chi connectivity index (χ0n) is 29.2. The number of hydrogen-bond donors (Lipinski definition) is 5. The molecule has 5 N–H and O–H groups in total. The summed E-state index contributed by atoms with van der Waals surface area (Å²) in [5, 5.41) is 35.5. The SMILES string of the molecule is O=C(O)N(c1cc(CCCOc2cccc(CCNC[C@H](O)c3ccc(O)c4[nH]c(=O)ccc34)c2)ccc1-c1ccccc1)[C@H]1CN2CCC1CC2. The summed E-state index contributed by atoms with van der Waals surface area (Å²) in [4.78, 5) is 31.3. The third-order valence-corrected chi connectivity index (χ3v) is 10.5. The summed E-state index contributed by atoms with van der Waals surface area (Å²) in [5.74, 6) is 1.13. The van der Waals surface area contributed by atoms with Crippen LogP contribution in [0.25, 0.3) is 22.0 Å². The molecule has 1 aromatic heterocycles. The first-order valence-electron chi connectivity index (χ1n) is 18.2. The Hall–Kier alpha value is -5.16. The maximum atomic E-state index is 12.9. The van der Waals surface area contributed by atoms with Crippen molar-refractivity contribution < 1.29 is 24.9 Å². The topological polar surface area (TPSA) is 138 Å². The molecule has 52 heavy (non-hydrogen) atoms. The number of aromatic hydroxyl groups is 1. The number of fused-ring (bicyclic) bond motifs is 4. The van der Waals surface area contributed by atoms with Gasteiger partial charge in [0.2, 0.25) is 5.56 Å². The predicted molar refractivity (Wildman–Crippen MR) is 203 cm³/mol. The number of ether oxygens (including phenoxy) is 1. The molecule has 3 saturated heterocycles. The average molecular weight is 703 g/mol. The number of aliphatic hydroxyl groups is 1. The van der Waals surface area contributed by atoms with Crippen molar-refractivity contribution in [2.24, 2.45) is 5.92 Å². The number of nitrogens with one attached hydrogen (secondary N) is 2. The first kappa shape index (κ1) is 35.3. The van der Waals surface area contributed by atoms with Gasteiger partial charge in [-0.2, -0.15) is 0 Å². The molecule has 0 radical (unpaired) electrons. The number of aromatic amines is 1. The number of aliphatic hydroxyl groups excluding tert-OH is 1. The van der Waals surface area contributed by atoms with E-state index in [2.05, 4.69) is 33.4 Å². The van der Waals surface area contributed by atoms with Crippen molar-refractivity contribution in [2.75, 3.05) is 44.2 Å². The Labute approximate surface area is 303 Å². The number of rotatable bonds is 14. The minimum Gasteiger partial charge on any atom is -0.506 e. The van der Waals surface area contributed by atoms with E-state index in [4.69, 9.17) is 4.74 Å². The van der Waals surface area contributed by atoms with Crippen LogP contribution in [-0.2, 0) is 12.8 Å². The fourth-order valence-corrected chi connectivity index (χ4v) is 7.83. The number of carboxylic acid groups (broad SMARTS) is 1. The van der Waals surface area contributed by atoms with Crippen molar-refractivity contribution in [3.63, 3.8) is 0 Å². The molecule has 8 rings (SSSR count). The Morgan fingerprint density at radius 3 is 2.52 bits per heavy atom. The molecule has 0 unspecified atom stereocenters. The third kappa shape index (κ3) is 7.99. The van der Waals surface area contributed by atoms with Crippen molar-refractivity contribution in [1.29, 1.82) is 0 Å². The molecule has 5 aromatic rings. The molecule has 2 atom stereocenters. The van der Waals surface area contributed by atoms with E-state index in [0.29, 0.717) is 42.1 Å². The minimum atomic E-state index is -0.896. The van der Waals surface area contributed by atoms with E-state index in [1.54, 1.807) is 17.0 Å². The molecule has 270 valence electrons. The largest absolute Gasteiger partial charge is 0.506 e. The van der Waals surface area contributed by atoms with Crippen molar-refractivity contribution in [1.82, 2.24) is 15.2 Å². The van der Waals surface area contributed by atoms with Crippen LogP contribution in [0.1, 0.15) is 42.1 Å². The van der Waals surface area contributed by atoms with Crippen molar-refractivity contribution in [3.8, 4) is 22.6 Å². The zero-order valence-corrected chi connectivity index (χ0v) is 29.2. The van der Waals surface area contributed by atoms with E-state index < -0.39 is 12.2 Å². The predicted octanol–water partition coefficient (Wildman–Crippen LogP) is 6.36. The maximum absolute atomic E-state index is 12.9. The van der Waals surface area contributed by atoms with Crippen LogP contribution in [0.2, 0.25) is 0 Å². The second-order valence-electron chi connectivity index (χ2n) is 13.9. The highest BCUT2D eigenvalue weighted by Crippen LogP contribution is 2.39. The van der Waals surface area contributed by atoms with Gasteiger partial charge in [-0.3, -0.25) is 9.69 Å². The highest BCUT2D eigenvalue weighted by molar-refractivity contribution is 5.94. The standard InChI is InChI=1S/C42H46N4O6/c47-38-15-13-34(35-14-16-40(49)44-41(35)38)39(48)26-43-20-17-29-6-4-10-32(24-29)52-23-5-7-28-11-12-33(30-8-2-1-3-9-30)36(25-28)46(42(50)51)37-27-45-21-18-31(37)19-22-45/h1-4,6,8-16,24-25,31,37,39,43,47-48H,5,7,17-23,26-27H2,(H,44,49)(H,50,51)/t37-,39-/m0/s1. The fourth-order valence-electron chi connectivity index (χ4n) is 7.83. The summed E-state index contributed by atoms with van der Waals surface area (Å²) < 4.78 is 6.15. The molecule has 10 nitrogen and oxygen atoms in total. The lowest BCUT2D eigenvalue weighted by atomic mass is 9.82. The number of amides is 1. The number of H-pyrrole nitrogens is 1. The Kier molecular flexibility index (Phi) is 10.9. The highest BCUT2D eigenvalue weighted by Gasteiger charge is 2.40. The number of aromatic nitrogens is 1. The van der Waals surface area contributed by atoms with Crippen LogP contribution in [-0.4, -0.2) is 76.7 Å². The molecule has 0 spiro atoms. The Morgan fingerprint density at radius 1 is 0.942 bits per heavy atom. The van der Waals surface area contributed by atoms with E-state index in [9.17, 15) is 24.9 Å². The van der Waals surface area contributed by atoms with Gasteiger partial charge < -0.3 is 35.3 Å². The number of phenolic OH excluding ortho intramolecular Hbond substituents is 1. The molecule has 3 fully saturated rings. The molecule has 4 aromatic carbocycles. The quantitative estimate of drug-likeness (QED) is 0.0844. The fraction of sp³-hybridized carbons (Fsp3) is 0.333. The normalized spacial score (nSPS) is 18.7. The molecule has 0 saturated carbocycles. The highest BCUT2D eigenvalue weighted by atomic mass is 16.5. The summed E-state index contributed by atoms with van der Waals surface area (Å²) >= 11 is 0. The van der Waals surface area contributed by atoms with E-state index >= 15 is 0 Å². The molecular weight excluding hydrogens is 656 g/mol. The zero-order chi connectivity index (χ0) is 36.0. The number of pyridine rings is 1. The summed E-state index contributed by atoms with van der Waals surface area (Å²) in [7, 11) is 0. The number of carbonyl (C=O) groups is 1. The van der Waals surface area contributed by atoms with E-state index in [1.807, 2.05) is 54.6 Å². The second kappa shape index (κ2) is 16.0. The summed E-state index contributed by atoms with van der Waals surface area (Å²) in [6, 6.07) is 30.4. The number of piperidine rings is 3. The van der Waals surface area contributed by atoms with Gasteiger partial charge in [0.25, 0.3) is 0 Å². The minimum absolute atomic E-state index is 0.0349. The van der Waals surface area contributed by atoms with Crippen LogP contribution >= 0.6 is 0 Å². The van der Waals surface area contributed by atoms with Crippen LogP contribution in [0.5, 0.6) is 11.5 Å². The van der Waals surface area contributed by atoms with Crippen molar-refractivity contribution in [2.45, 2.75) is 44.2 Å². The van der Waals surface area contributed by atoms with Crippen LogP contribution in [0.15, 0.2) is 102 Å². The van der Waals surface area contributed by atoms with Gasteiger partial charge in [-0.25, -0.2) is 4.79 Å². The lowest BCUT2D eigenvalue weighted by molar-refractivity contribution is 0.0837. The van der Waals surface area contributed by atoms with Crippen molar-refractivity contribution >= 4 is 22.7 Å². The van der Waals surface area contributed by atoms with Gasteiger partial charge in [0.1, 0.15) is 11.5 Å². The van der Waals surface area contributed by atoms with Gasteiger partial charge in [-0.05, 0) is 110 Å².